The van der Waals surface area contributed by atoms with Crippen molar-refractivity contribution in [3.05, 3.63) is 70.5 Å². The van der Waals surface area contributed by atoms with E-state index >= 15 is 0 Å². The van der Waals surface area contributed by atoms with E-state index in [1.54, 1.807) is 6.20 Å². The van der Waals surface area contributed by atoms with Gasteiger partial charge in [-0.15, -0.1) is 0 Å². The number of hydrogen-bond donors (Lipinski definition) is 3. The van der Waals surface area contributed by atoms with E-state index in [0.717, 1.165) is 26.9 Å². The molecule has 3 N–H and O–H groups in total. The van der Waals surface area contributed by atoms with E-state index in [0.29, 0.717) is 5.56 Å². The minimum absolute atomic E-state index is 0.0845. The lowest BCUT2D eigenvalue weighted by atomic mass is 10.0. The van der Waals surface area contributed by atoms with Gasteiger partial charge in [-0.05, 0) is 35.4 Å². The van der Waals surface area contributed by atoms with Gasteiger partial charge in [-0.25, -0.2) is 0 Å². The molecule has 0 fully saturated rings. The molecular weight excluding hydrogens is 356 g/mol. The fourth-order valence-electron chi connectivity index (χ4n) is 2.70. The second-order valence-electron chi connectivity index (χ2n) is 5.35. The van der Waals surface area contributed by atoms with Gasteiger partial charge in [0.15, 0.2) is 0 Å². The van der Waals surface area contributed by atoms with Crippen molar-refractivity contribution in [2.45, 2.75) is 6.17 Å². The fourth-order valence-corrected chi connectivity index (χ4v) is 3.06. The van der Waals surface area contributed by atoms with Gasteiger partial charge >= 0.3 is 0 Å². The predicted molar refractivity (Wildman–Crippen MR) is 92.0 cm³/mol. The first-order valence-electron chi connectivity index (χ1n) is 7.17. The first-order valence-corrected chi connectivity index (χ1v) is 7.96. The van der Waals surface area contributed by atoms with Crippen LogP contribution in [0.4, 0.5) is 5.69 Å². The SMILES string of the molecule is O=C1NC(c2cccc(-c3cn[nH]c3)c2)Nc2ccc(Br)cc21. The highest BCUT2D eigenvalue weighted by Gasteiger charge is 2.24. The highest BCUT2D eigenvalue weighted by Crippen LogP contribution is 2.30. The van der Waals surface area contributed by atoms with Crippen molar-refractivity contribution < 1.29 is 4.79 Å². The summed E-state index contributed by atoms with van der Waals surface area (Å²) >= 11 is 3.39. The third kappa shape index (κ3) is 2.61. The molecular formula is C17H13BrN4O. The summed E-state index contributed by atoms with van der Waals surface area (Å²) in [5.74, 6) is -0.0845. The maximum atomic E-state index is 12.3. The summed E-state index contributed by atoms with van der Waals surface area (Å²) in [6.07, 6.45) is 3.36. The number of nitrogens with one attached hydrogen (secondary N) is 3. The van der Waals surface area contributed by atoms with Crippen molar-refractivity contribution >= 4 is 27.5 Å². The van der Waals surface area contributed by atoms with Crippen LogP contribution in [0.15, 0.2) is 59.3 Å². The van der Waals surface area contributed by atoms with Gasteiger partial charge in [0.25, 0.3) is 5.91 Å². The smallest absolute Gasteiger partial charge is 0.255 e. The van der Waals surface area contributed by atoms with Gasteiger partial charge < -0.3 is 10.6 Å². The summed E-state index contributed by atoms with van der Waals surface area (Å²) in [4.78, 5) is 12.3. The molecule has 0 saturated carbocycles. The molecule has 23 heavy (non-hydrogen) atoms. The van der Waals surface area contributed by atoms with Crippen LogP contribution >= 0.6 is 15.9 Å². The zero-order valence-corrected chi connectivity index (χ0v) is 13.6. The Morgan fingerprint density at radius 2 is 1.96 bits per heavy atom. The molecule has 0 saturated heterocycles. The first kappa shape index (κ1) is 14.0. The van der Waals surface area contributed by atoms with Crippen LogP contribution < -0.4 is 10.6 Å². The Hall–Kier alpha value is -2.60. The first-order chi connectivity index (χ1) is 11.2. The van der Waals surface area contributed by atoms with Crippen LogP contribution in [0.1, 0.15) is 22.1 Å². The molecule has 5 nitrogen and oxygen atoms in total. The van der Waals surface area contributed by atoms with E-state index in [-0.39, 0.29) is 12.1 Å². The van der Waals surface area contributed by atoms with E-state index < -0.39 is 0 Å². The molecule has 0 aliphatic carbocycles. The van der Waals surface area contributed by atoms with Gasteiger partial charge in [0.2, 0.25) is 0 Å². The second-order valence-corrected chi connectivity index (χ2v) is 6.27. The second kappa shape index (κ2) is 5.55. The molecule has 1 amide bonds. The minimum atomic E-state index is -0.261. The van der Waals surface area contributed by atoms with Crippen LogP contribution in [0.3, 0.4) is 0 Å². The summed E-state index contributed by atoms with van der Waals surface area (Å²) < 4.78 is 0.883. The number of hydrogen-bond acceptors (Lipinski definition) is 3. The summed E-state index contributed by atoms with van der Waals surface area (Å²) in [5.41, 5.74) is 4.52. The standard InChI is InChI=1S/C17H13BrN4O/c18-13-4-5-15-14(7-13)17(23)22-16(21-15)11-3-1-2-10(6-11)12-8-19-20-9-12/h1-9,16,21H,(H,19,20)(H,22,23). The molecule has 1 atom stereocenters. The highest BCUT2D eigenvalue weighted by atomic mass is 79.9. The third-order valence-corrected chi connectivity index (χ3v) is 4.35. The Morgan fingerprint density at radius 1 is 1.04 bits per heavy atom. The van der Waals surface area contributed by atoms with E-state index in [1.807, 2.05) is 48.7 Å². The molecule has 1 aliphatic rings. The summed E-state index contributed by atoms with van der Waals surface area (Å²) in [6.45, 7) is 0. The maximum Gasteiger partial charge on any atom is 0.255 e. The van der Waals surface area contributed by atoms with Gasteiger partial charge in [-0.3, -0.25) is 9.89 Å². The number of aromatic nitrogens is 2. The number of aromatic amines is 1. The fraction of sp³-hybridized carbons (Fsp3) is 0.0588. The van der Waals surface area contributed by atoms with Crippen molar-refractivity contribution in [2.24, 2.45) is 0 Å². The topological polar surface area (TPSA) is 69.8 Å². The molecule has 0 spiro atoms. The number of fused-ring (bicyclic) bond motifs is 1. The molecule has 1 unspecified atom stereocenters. The van der Waals surface area contributed by atoms with Crippen LogP contribution in [0, 0.1) is 0 Å². The molecule has 0 radical (unpaired) electrons. The number of anilines is 1. The van der Waals surface area contributed by atoms with Crippen molar-refractivity contribution in [3.63, 3.8) is 0 Å². The monoisotopic (exact) mass is 368 g/mol. The van der Waals surface area contributed by atoms with Crippen LogP contribution in [-0.4, -0.2) is 16.1 Å². The van der Waals surface area contributed by atoms with Crippen LogP contribution in [0.2, 0.25) is 0 Å². The summed E-state index contributed by atoms with van der Waals surface area (Å²) in [7, 11) is 0. The largest absolute Gasteiger partial charge is 0.361 e. The number of nitrogens with zero attached hydrogens (tertiary/aromatic N) is 1. The Kier molecular flexibility index (Phi) is 3.38. The summed E-state index contributed by atoms with van der Waals surface area (Å²) in [6, 6.07) is 13.7. The normalized spacial score (nSPS) is 16.4. The molecule has 114 valence electrons. The van der Waals surface area contributed by atoms with Gasteiger partial charge in [0, 0.05) is 21.9 Å². The molecule has 1 aromatic heterocycles. The molecule has 3 aromatic rings. The van der Waals surface area contributed by atoms with E-state index in [9.17, 15) is 4.79 Å². The molecule has 1 aliphatic heterocycles. The molecule has 6 heteroatoms. The van der Waals surface area contributed by atoms with E-state index in [1.165, 1.54) is 0 Å². The maximum absolute atomic E-state index is 12.3. The van der Waals surface area contributed by atoms with Crippen molar-refractivity contribution in [1.82, 2.24) is 15.5 Å². The van der Waals surface area contributed by atoms with Crippen LogP contribution in [0.5, 0.6) is 0 Å². The van der Waals surface area contributed by atoms with Crippen molar-refractivity contribution in [2.75, 3.05) is 5.32 Å². The molecule has 0 bridgehead atoms. The quantitative estimate of drug-likeness (QED) is 0.645. The zero-order valence-electron chi connectivity index (χ0n) is 12.0. The number of halogens is 1. The van der Waals surface area contributed by atoms with Gasteiger partial charge in [-0.2, -0.15) is 5.10 Å². The van der Waals surface area contributed by atoms with Crippen LogP contribution in [0.25, 0.3) is 11.1 Å². The Labute approximate surface area is 141 Å². The molecule has 4 rings (SSSR count). The third-order valence-electron chi connectivity index (χ3n) is 3.85. The van der Waals surface area contributed by atoms with Crippen molar-refractivity contribution in [1.29, 1.82) is 0 Å². The molecule has 2 aromatic carbocycles. The zero-order chi connectivity index (χ0) is 15.8. The average molecular weight is 369 g/mol. The number of H-pyrrole nitrogens is 1. The predicted octanol–water partition coefficient (Wildman–Crippen LogP) is 3.69. The minimum Gasteiger partial charge on any atom is -0.361 e. The Morgan fingerprint density at radius 3 is 2.78 bits per heavy atom. The van der Waals surface area contributed by atoms with Gasteiger partial charge in [-0.1, -0.05) is 34.1 Å². The number of rotatable bonds is 2. The van der Waals surface area contributed by atoms with Gasteiger partial charge in [0.1, 0.15) is 6.17 Å². The van der Waals surface area contributed by atoms with E-state index in [2.05, 4.69) is 36.8 Å². The van der Waals surface area contributed by atoms with Crippen molar-refractivity contribution in [3.8, 4) is 11.1 Å². The Bertz CT molecular complexity index is 876. The van der Waals surface area contributed by atoms with E-state index in [4.69, 9.17) is 0 Å². The number of carbonyl (C=O) groups excluding carboxylic acids is 1. The van der Waals surface area contributed by atoms with Gasteiger partial charge in [0.05, 0.1) is 11.8 Å². The van der Waals surface area contributed by atoms with Crippen LogP contribution in [-0.2, 0) is 0 Å². The lowest BCUT2D eigenvalue weighted by Gasteiger charge is -2.28. The lowest BCUT2D eigenvalue weighted by Crippen LogP contribution is -2.38. The number of amides is 1. The average Bonchev–Trinajstić information content (AvgIpc) is 3.10. The lowest BCUT2D eigenvalue weighted by molar-refractivity contribution is 0.0935. The summed E-state index contributed by atoms with van der Waals surface area (Å²) in [5, 5.41) is 13.2. The number of benzene rings is 2. The molecule has 2 heterocycles. The Balaban J connectivity index is 1.68. The number of carbonyl (C=O) groups is 1. The highest BCUT2D eigenvalue weighted by molar-refractivity contribution is 9.10.